The van der Waals surface area contributed by atoms with Crippen LogP contribution in [0, 0.1) is 13.8 Å². The van der Waals surface area contributed by atoms with Crippen LogP contribution < -0.4 is 5.73 Å². The highest BCUT2D eigenvalue weighted by Gasteiger charge is 1.97. The number of rotatable bonds is 4. The van der Waals surface area contributed by atoms with Gasteiger partial charge < -0.3 is 5.73 Å². The maximum atomic E-state index is 5.47. The van der Waals surface area contributed by atoms with E-state index in [1.807, 2.05) is 0 Å². The van der Waals surface area contributed by atoms with E-state index in [1.54, 1.807) is 0 Å². The Balaban J connectivity index is 2.77. The fourth-order valence-corrected chi connectivity index (χ4v) is 1.54. The molecule has 0 atom stereocenters. The normalized spacial score (nSPS) is 11.9. The zero-order valence-corrected chi connectivity index (χ0v) is 10.0. The van der Waals surface area contributed by atoms with Crippen LogP contribution in [0.25, 0.3) is 5.57 Å². The van der Waals surface area contributed by atoms with Crippen molar-refractivity contribution in [3.63, 3.8) is 0 Å². The van der Waals surface area contributed by atoms with E-state index in [1.165, 1.54) is 22.3 Å². The number of hydrogen-bond donors (Lipinski definition) is 1. The van der Waals surface area contributed by atoms with Crippen LogP contribution in [-0.2, 0) is 0 Å². The zero-order valence-electron chi connectivity index (χ0n) is 10.0. The lowest BCUT2D eigenvalue weighted by Crippen LogP contribution is -1.96. The predicted octanol–water partition coefficient (Wildman–Crippen LogP) is 3.45. The summed E-state index contributed by atoms with van der Waals surface area (Å²) in [6.07, 6.45) is 4.43. The van der Waals surface area contributed by atoms with Crippen LogP contribution in [0.4, 0.5) is 0 Å². The smallest absolute Gasteiger partial charge is 0.00743 e. The van der Waals surface area contributed by atoms with E-state index in [-0.39, 0.29) is 0 Å². The van der Waals surface area contributed by atoms with Crippen LogP contribution in [0.1, 0.15) is 36.5 Å². The van der Waals surface area contributed by atoms with E-state index in [9.17, 15) is 0 Å². The van der Waals surface area contributed by atoms with Crippen molar-refractivity contribution < 1.29 is 0 Å². The van der Waals surface area contributed by atoms with Crippen LogP contribution in [0.15, 0.2) is 24.3 Å². The van der Waals surface area contributed by atoms with Crippen molar-refractivity contribution in [3.8, 4) is 0 Å². The number of nitrogens with two attached hydrogens (primary N) is 1. The Labute approximate surface area is 93.0 Å². The Hall–Kier alpha value is -1.08. The summed E-state index contributed by atoms with van der Waals surface area (Å²) in [6, 6.07) is 6.63. The lowest BCUT2D eigenvalue weighted by molar-refractivity contribution is 0.855. The summed E-state index contributed by atoms with van der Waals surface area (Å²) < 4.78 is 0. The van der Waals surface area contributed by atoms with Gasteiger partial charge in [0, 0.05) is 0 Å². The molecule has 0 aliphatic carbocycles. The molecule has 0 heterocycles. The minimum absolute atomic E-state index is 0.775. The Kier molecular flexibility index (Phi) is 4.57. The van der Waals surface area contributed by atoms with Gasteiger partial charge in [-0.25, -0.2) is 0 Å². The van der Waals surface area contributed by atoms with Gasteiger partial charge in [-0.2, -0.15) is 0 Å². The van der Waals surface area contributed by atoms with Crippen LogP contribution in [0.3, 0.4) is 0 Å². The lowest BCUT2D eigenvalue weighted by Gasteiger charge is -2.05. The van der Waals surface area contributed by atoms with Gasteiger partial charge in [0.15, 0.2) is 0 Å². The monoisotopic (exact) mass is 203 g/mol. The number of unbranched alkanes of at least 4 members (excludes halogenated alkanes) is 1. The molecule has 0 spiro atoms. The van der Waals surface area contributed by atoms with E-state index in [2.05, 4.69) is 45.0 Å². The molecular formula is C14H21N. The average Bonchev–Trinajstić information content (AvgIpc) is 2.22. The maximum Gasteiger partial charge on any atom is -0.00743 e. The third-order valence-electron chi connectivity index (χ3n) is 2.82. The first-order valence-electron chi connectivity index (χ1n) is 5.59. The molecule has 1 heteroatoms. The Morgan fingerprint density at radius 1 is 1.27 bits per heavy atom. The topological polar surface area (TPSA) is 26.0 Å². The van der Waals surface area contributed by atoms with Crippen molar-refractivity contribution in [2.75, 3.05) is 6.54 Å². The largest absolute Gasteiger partial charge is 0.330 e. The van der Waals surface area contributed by atoms with Crippen molar-refractivity contribution in [2.45, 2.75) is 33.6 Å². The predicted molar refractivity (Wildman–Crippen MR) is 67.9 cm³/mol. The van der Waals surface area contributed by atoms with Crippen molar-refractivity contribution in [2.24, 2.45) is 5.73 Å². The van der Waals surface area contributed by atoms with Crippen LogP contribution in [0.2, 0.25) is 0 Å². The van der Waals surface area contributed by atoms with Crippen LogP contribution in [-0.4, -0.2) is 6.54 Å². The molecule has 1 rings (SSSR count). The fourth-order valence-electron chi connectivity index (χ4n) is 1.54. The Morgan fingerprint density at radius 2 is 2.00 bits per heavy atom. The first-order chi connectivity index (χ1) is 7.15. The molecule has 0 amide bonds. The Bertz CT molecular complexity index is 350. The van der Waals surface area contributed by atoms with E-state index in [0.717, 1.165) is 19.4 Å². The Morgan fingerprint density at radius 3 is 2.60 bits per heavy atom. The molecule has 0 unspecified atom stereocenters. The van der Waals surface area contributed by atoms with Gasteiger partial charge in [0.1, 0.15) is 0 Å². The molecule has 15 heavy (non-hydrogen) atoms. The van der Waals surface area contributed by atoms with Crippen LogP contribution >= 0.6 is 0 Å². The minimum atomic E-state index is 0.775. The van der Waals surface area contributed by atoms with E-state index < -0.39 is 0 Å². The lowest BCUT2D eigenvalue weighted by atomic mass is 10.0. The molecule has 0 aromatic heterocycles. The standard InChI is InChI=1S/C14H21N/c1-11-7-8-14(10-13(11)3)12(2)6-4-5-9-15/h6-8,10H,4-5,9,15H2,1-3H3/b12-6+. The molecule has 1 aromatic carbocycles. The minimum Gasteiger partial charge on any atom is -0.330 e. The molecule has 1 nitrogen and oxygen atoms in total. The maximum absolute atomic E-state index is 5.47. The summed E-state index contributed by atoms with van der Waals surface area (Å²) in [4.78, 5) is 0. The van der Waals surface area contributed by atoms with E-state index in [4.69, 9.17) is 5.73 Å². The highest BCUT2D eigenvalue weighted by molar-refractivity contribution is 5.64. The van der Waals surface area contributed by atoms with Gasteiger partial charge in [-0.3, -0.25) is 0 Å². The quantitative estimate of drug-likeness (QED) is 0.745. The number of aryl methyl sites for hydroxylation is 2. The SMILES string of the molecule is C/C(=C\CCCN)c1ccc(C)c(C)c1. The van der Waals surface area contributed by atoms with E-state index >= 15 is 0 Å². The highest BCUT2D eigenvalue weighted by atomic mass is 14.5. The van der Waals surface area contributed by atoms with Crippen LogP contribution in [0.5, 0.6) is 0 Å². The van der Waals surface area contributed by atoms with Gasteiger partial charge in [-0.15, -0.1) is 0 Å². The zero-order chi connectivity index (χ0) is 11.3. The summed E-state index contributed by atoms with van der Waals surface area (Å²) in [7, 11) is 0. The fraction of sp³-hybridized carbons (Fsp3) is 0.429. The molecule has 0 aliphatic heterocycles. The third kappa shape index (κ3) is 3.52. The molecule has 1 aromatic rings. The summed E-state index contributed by atoms with van der Waals surface area (Å²) in [5.41, 5.74) is 10.9. The van der Waals surface area contributed by atoms with E-state index in [0.29, 0.717) is 0 Å². The average molecular weight is 203 g/mol. The molecule has 0 aliphatic rings. The summed E-state index contributed by atoms with van der Waals surface area (Å²) in [6.45, 7) is 7.25. The van der Waals surface area contributed by atoms with Gasteiger partial charge in [0.05, 0.1) is 0 Å². The second-order valence-corrected chi connectivity index (χ2v) is 4.12. The van der Waals surface area contributed by atoms with Gasteiger partial charge in [0.25, 0.3) is 0 Å². The van der Waals surface area contributed by atoms with Crippen molar-refractivity contribution >= 4 is 5.57 Å². The van der Waals surface area contributed by atoms with Gasteiger partial charge in [-0.1, -0.05) is 24.3 Å². The number of allylic oxidation sites excluding steroid dienone is 2. The first-order valence-corrected chi connectivity index (χ1v) is 5.59. The number of hydrogen-bond acceptors (Lipinski definition) is 1. The van der Waals surface area contributed by atoms with Gasteiger partial charge in [-0.05, 0) is 62.4 Å². The summed E-state index contributed by atoms with van der Waals surface area (Å²) >= 11 is 0. The first kappa shape index (κ1) is 12.0. The van der Waals surface area contributed by atoms with Gasteiger partial charge in [0.2, 0.25) is 0 Å². The summed E-state index contributed by atoms with van der Waals surface area (Å²) in [5, 5.41) is 0. The second kappa shape index (κ2) is 5.72. The number of benzene rings is 1. The second-order valence-electron chi connectivity index (χ2n) is 4.12. The molecule has 0 radical (unpaired) electrons. The van der Waals surface area contributed by atoms with Crippen molar-refractivity contribution in [1.29, 1.82) is 0 Å². The molecule has 0 fully saturated rings. The van der Waals surface area contributed by atoms with Crippen molar-refractivity contribution in [1.82, 2.24) is 0 Å². The highest BCUT2D eigenvalue weighted by Crippen LogP contribution is 2.18. The summed E-state index contributed by atoms with van der Waals surface area (Å²) in [5.74, 6) is 0. The molecule has 0 saturated heterocycles. The van der Waals surface area contributed by atoms with Crippen molar-refractivity contribution in [3.05, 3.63) is 41.0 Å². The molecular weight excluding hydrogens is 182 g/mol. The molecule has 82 valence electrons. The molecule has 0 bridgehead atoms. The third-order valence-corrected chi connectivity index (χ3v) is 2.82. The molecule has 2 N–H and O–H groups in total. The molecule has 0 saturated carbocycles. The van der Waals surface area contributed by atoms with Gasteiger partial charge >= 0.3 is 0 Å².